The van der Waals surface area contributed by atoms with E-state index in [1.165, 1.54) is 19.1 Å². The first kappa shape index (κ1) is 20.0. The molecule has 2 aliphatic carbocycles. The van der Waals surface area contributed by atoms with E-state index in [0.29, 0.717) is 38.1 Å². The summed E-state index contributed by atoms with van der Waals surface area (Å²) in [5.41, 5.74) is -0.0244. The number of benzene rings is 1. The van der Waals surface area contributed by atoms with Crippen LogP contribution in [0.25, 0.3) is 0 Å². The lowest BCUT2D eigenvalue weighted by atomic mass is 9.79. The maximum Gasteiger partial charge on any atom is 0.416 e. The molecule has 2 atom stereocenters. The molecule has 0 spiro atoms. The number of hydrogen-bond acceptors (Lipinski definition) is 3. The Morgan fingerprint density at radius 1 is 1.31 bits per heavy atom. The maximum absolute atomic E-state index is 13.3. The molecule has 0 aromatic heterocycles. The van der Waals surface area contributed by atoms with Crippen molar-refractivity contribution in [3.8, 4) is 0 Å². The minimum Gasteiger partial charge on any atom is -0.450 e. The van der Waals surface area contributed by atoms with Crippen LogP contribution in [-0.2, 0) is 21.1 Å². The number of carbonyl (C=O) groups excluding carboxylic acids is 2. The first-order chi connectivity index (χ1) is 13.6. The van der Waals surface area contributed by atoms with Gasteiger partial charge in [0.15, 0.2) is 0 Å². The highest BCUT2D eigenvalue weighted by Crippen LogP contribution is 2.59. The third-order valence-corrected chi connectivity index (χ3v) is 6.66. The average Bonchev–Trinajstić information content (AvgIpc) is 3.18. The quantitative estimate of drug-likeness (QED) is 0.825. The van der Waals surface area contributed by atoms with Crippen LogP contribution in [0, 0.1) is 18.8 Å². The van der Waals surface area contributed by atoms with Gasteiger partial charge in [-0.25, -0.2) is 4.79 Å². The van der Waals surface area contributed by atoms with E-state index in [2.05, 4.69) is 5.32 Å². The number of ether oxygens (including phenoxy) is 1. The predicted octanol–water partition coefficient (Wildman–Crippen LogP) is 3.64. The molecule has 29 heavy (non-hydrogen) atoms. The molecule has 1 heterocycles. The van der Waals surface area contributed by atoms with Gasteiger partial charge in [0, 0.05) is 30.5 Å². The molecule has 2 amide bonds. The lowest BCUT2D eigenvalue weighted by Gasteiger charge is -2.37. The number of nitrogens with one attached hydrogen (secondary N) is 1. The SMILES string of the molecule is CCOC(=O)NC1CC(C(=O)N2CC3CC3(c3ccc(C)c(C(F)(F)F)c3)C2)C1. The Morgan fingerprint density at radius 3 is 2.69 bits per heavy atom. The normalized spacial score (nSPS) is 30.4. The smallest absolute Gasteiger partial charge is 0.416 e. The first-order valence-corrected chi connectivity index (χ1v) is 10.0. The summed E-state index contributed by atoms with van der Waals surface area (Å²) in [6.45, 7) is 4.57. The van der Waals surface area contributed by atoms with Crippen LogP contribution in [0.15, 0.2) is 18.2 Å². The summed E-state index contributed by atoms with van der Waals surface area (Å²) in [4.78, 5) is 26.0. The molecule has 2 saturated carbocycles. The Morgan fingerprint density at radius 2 is 2.03 bits per heavy atom. The van der Waals surface area contributed by atoms with Crippen LogP contribution in [-0.4, -0.2) is 42.6 Å². The molecule has 1 aliphatic heterocycles. The second-order valence-corrected chi connectivity index (χ2v) is 8.53. The van der Waals surface area contributed by atoms with E-state index in [0.717, 1.165) is 6.42 Å². The monoisotopic (exact) mass is 410 g/mol. The average molecular weight is 410 g/mol. The molecule has 1 aromatic carbocycles. The molecule has 0 bridgehead atoms. The van der Waals surface area contributed by atoms with Gasteiger partial charge in [0.25, 0.3) is 0 Å². The van der Waals surface area contributed by atoms with E-state index in [9.17, 15) is 22.8 Å². The van der Waals surface area contributed by atoms with E-state index in [-0.39, 0.29) is 34.8 Å². The van der Waals surface area contributed by atoms with E-state index >= 15 is 0 Å². The first-order valence-electron chi connectivity index (χ1n) is 10.0. The third-order valence-electron chi connectivity index (χ3n) is 6.66. The number of piperidine rings is 1. The number of fused-ring (bicyclic) bond motifs is 1. The Kier molecular flexibility index (Phi) is 4.78. The lowest BCUT2D eigenvalue weighted by molar-refractivity contribution is -0.139. The van der Waals surface area contributed by atoms with Crippen LogP contribution in [0.5, 0.6) is 0 Å². The number of alkyl carbamates (subject to hydrolysis) is 1. The lowest BCUT2D eigenvalue weighted by Crippen LogP contribution is -2.50. The Labute approximate surface area is 167 Å². The van der Waals surface area contributed by atoms with Gasteiger partial charge in [0.05, 0.1) is 12.2 Å². The summed E-state index contributed by atoms with van der Waals surface area (Å²) in [5, 5.41) is 2.73. The Bertz CT molecular complexity index is 835. The number of amides is 2. The highest BCUT2D eigenvalue weighted by atomic mass is 19.4. The molecular formula is C21H25F3N2O3. The predicted molar refractivity (Wildman–Crippen MR) is 99.2 cm³/mol. The van der Waals surface area contributed by atoms with Crippen molar-refractivity contribution in [3.63, 3.8) is 0 Å². The molecule has 4 rings (SSSR count). The van der Waals surface area contributed by atoms with Gasteiger partial charge in [0.1, 0.15) is 0 Å². The minimum atomic E-state index is -4.37. The van der Waals surface area contributed by atoms with Gasteiger partial charge in [-0.05, 0) is 56.2 Å². The molecule has 3 fully saturated rings. The van der Waals surface area contributed by atoms with Crippen LogP contribution in [0.1, 0.15) is 42.9 Å². The van der Waals surface area contributed by atoms with Crippen LogP contribution in [0.4, 0.5) is 18.0 Å². The number of likely N-dealkylation sites (tertiary alicyclic amines) is 1. The fourth-order valence-corrected chi connectivity index (χ4v) is 4.87. The van der Waals surface area contributed by atoms with Crippen LogP contribution in [0.3, 0.4) is 0 Å². The second-order valence-electron chi connectivity index (χ2n) is 8.53. The Balaban J connectivity index is 1.38. The number of alkyl halides is 3. The van der Waals surface area contributed by atoms with E-state index in [1.54, 1.807) is 17.9 Å². The van der Waals surface area contributed by atoms with Crippen LogP contribution < -0.4 is 5.32 Å². The summed E-state index contributed by atoms with van der Waals surface area (Å²) >= 11 is 0. The maximum atomic E-state index is 13.3. The number of nitrogens with zero attached hydrogens (tertiary/aromatic N) is 1. The van der Waals surface area contributed by atoms with E-state index in [1.807, 2.05) is 0 Å². The van der Waals surface area contributed by atoms with Crippen LogP contribution in [0.2, 0.25) is 0 Å². The van der Waals surface area contributed by atoms with Crippen molar-refractivity contribution in [2.45, 2.75) is 50.7 Å². The zero-order valence-electron chi connectivity index (χ0n) is 16.5. The van der Waals surface area contributed by atoms with Gasteiger partial charge in [-0.2, -0.15) is 13.2 Å². The van der Waals surface area contributed by atoms with Gasteiger partial charge < -0.3 is 15.0 Å². The van der Waals surface area contributed by atoms with Crippen molar-refractivity contribution >= 4 is 12.0 Å². The van der Waals surface area contributed by atoms with Gasteiger partial charge >= 0.3 is 12.3 Å². The van der Waals surface area contributed by atoms with Crippen molar-refractivity contribution < 1.29 is 27.5 Å². The molecule has 1 saturated heterocycles. The molecular weight excluding hydrogens is 385 g/mol. The van der Waals surface area contributed by atoms with Crippen molar-refractivity contribution in [3.05, 3.63) is 34.9 Å². The third kappa shape index (κ3) is 3.57. The standard InChI is InChI=1S/C21H25F3N2O3/c1-3-29-19(28)25-16-6-13(7-16)18(27)26-10-15-9-20(15,11-26)14-5-4-12(2)17(8-14)21(22,23)24/h4-5,8,13,15-16H,3,6-7,9-11H2,1-2H3,(H,25,28). The highest BCUT2D eigenvalue weighted by molar-refractivity contribution is 5.81. The van der Waals surface area contributed by atoms with Crippen molar-refractivity contribution in [1.82, 2.24) is 10.2 Å². The van der Waals surface area contributed by atoms with E-state index < -0.39 is 17.8 Å². The molecule has 5 nitrogen and oxygen atoms in total. The molecule has 1 aromatic rings. The molecule has 3 aliphatic rings. The summed E-state index contributed by atoms with van der Waals surface area (Å²) in [6.07, 6.45) is -2.86. The zero-order chi connectivity index (χ0) is 21.0. The van der Waals surface area contributed by atoms with Crippen molar-refractivity contribution in [2.75, 3.05) is 19.7 Å². The van der Waals surface area contributed by atoms with Gasteiger partial charge in [-0.1, -0.05) is 12.1 Å². The molecule has 1 N–H and O–H groups in total. The number of halogens is 3. The Hall–Kier alpha value is -2.25. The highest BCUT2D eigenvalue weighted by Gasteiger charge is 2.62. The number of hydrogen-bond donors (Lipinski definition) is 1. The molecule has 0 radical (unpaired) electrons. The van der Waals surface area contributed by atoms with Gasteiger partial charge in [-0.3, -0.25) is 4.79 Å². The molecule has 8 heteroatoms. The second kappa shape index (κ2) is 6.92. The summed E-state index contributed by atoms with van der Waals surface area (Å²) in [7, 11) is 0. The minimum absolute atomic E-state index is 0.0432. The largest absolute Gasteiger partial charge is 0.450 e. The molecule has 2 unspecified atom stereocenters. The summed E-state index contributed by atoms with van der Waals surface area (Å²) in [5.74, 6) is 0.130. The van der Waals surface area contributed by atoms with Gasteiger partial charge in [-0.15, -0.1) is 0 Å². The van der Waals surface area contributed by atoms with E-state index in [4.69, 9.17) is 4.74 Å². The fraction of sp³-hybridized carbons (Fsp3) is 0.619. The zero-order valence-corrected chi connectivity index (χ0v) is 16.5. The number of rotatable bonds is 4. The van der Waals surface area contributed by atoms with Crippen molar-refractivity contribution in [1.29, 1.82) is 0 Å². The summed E-state index contributed by atoms with van der Waals surface area (Å²) < 4.78 is 44.7. The van der Waals surface area contributed by atoms with Crippen LogP contribution >= 0.6 is 0 Å². The topological polar surface area (TPSA) is 58.6 Å². The van der Waals surface area contributed by atoms with Gasteiger partial charge in [0.2, 0.25) is 5.91 Å². The molecule has 158 valence electrons. The fourth-order valence-electron chi connectivity index (χ4n) is 4.87. The van der Waals surface area contributed by atoms with Crippen molar-refractivity contribution in [2.24, 2.45) is 11.8 Å². The number of aryl methyl sites for hydroxylation is 1. The number of carbonyl (C=O) groups is 2. The summed E-state index contributed by atoms with van der Waals surface area (Å²) in [6, 6.07) is 4.53.